The first-order valence-electron chi connectivity index (χ1n) is 3.23. The fourth-order valence-electron chi connectivity index (χ4n) is 0.786. The molecular weight excluding hydrogens is 171 g/mol. The Labute approximate surface area is 66.8 Å². The number of hydrogen-bond acceptors (Lipinski definition) is 2. The molecule has 1 aliphatic rings. The molecule has 1 N–H and O–H groups in total. The van der Waals surface area contributed by atoms with Crippen molar-refractivity contribution in [2.24, 2.45) is 0 Å². The van der Waals surface area contributed by atoms with Crippen molar-refractivity contribution in [1.82, 2.24) is 5.32 Å². The van der Waals surface area contributed by atoms with Crippen molar-refractivity contribution in [3.05, 3.63) is 23.9 Å². The summed E-state index contributed by atoms with van der Waals surface area (Å²) in [6.07, 6.45) is -0.977. The van der Waals surface area contributed by atoms with Crippen molar-refractivity contribution < 1.29 is 18.0 Å². The van der Waals surface area contributed by atoms with Gasteiger partial charge in [-0.15, -0.1) is 0 Å². The van der Waals surface area contributed by atoms with Crippen LogP contribution in [0.3, 0.4) is 0 Å². The molecule has 0 radical (unpaired) electrons. The lowest BCUT2D eigenvalue weighted by Gasteiger charge is -2.12. The fourth-order valence-corrected chi connectivity index (χ4v) is 0.786. The molecule has 2 nitrogen and oxygen atoms in total. The van der Waals surface area contributed by atoms with Crippen molar-refractivity contribution in [1.29, 1.82) is 0 Å². The highest BCUT2D eigenvalue weighted by atomic mass is 19.4. The van der Waals surface area contributed by atoms with Crippen molar-refractivity contribution in [3.8, 4) is 0 Å². The Kier molecular flexibility index (Phi) is 2.21. The van der Waals surface area contributed by atoms with Gasteiger partial charge in [-0.3, -0.25) is 10.1 Å². The third-order valence-electron chi connectivity index (χ3n) is 1.26. The van der Waals surface area contributed by atoms with E-state index in [9.17, 15) is 18.0 Å². The molecule has 0 heterocycles. The highest BCUT2D eigenvalue weighted by molar-refractivity contribution is 5.92. The quantitative estimate of drug-likeness (QED) is 0.615. The van der Waals surface area contributed by atoms with Crippen molar-refractivity contribution in [2.45, 2.75) is 12.7 Å². The summed E-state index contributed by atoms with van der Waals surface area (Å²) in [7, 11) is 0. The number of halogens is 3. The van der Waals surface area contributed by atoms with E-state index in [2.05, 4.69) is 0 Å². The number of hydrogen-bond donors (Lipinski definition) is 1. The maximum Gasteiger partial charge on any atom is 0.482 e. The average molecular weight is 177 g/mol. The maximum absolute atomic E-state index is 11.7. The Balaban J connectivity index is 2.57. The van der Waals surface area contributed by atoms with Gasteiger partial charge in [-0.2, -0.15) is 13.2 Å². The predicted molar refractivity (Wildman–Crippen MR) is 36.0 cm³/mol. The highest BCUT2D eigenvalue weighted by Crippen LogP contribution is 2.14. The molecule has 0 atom stereocenters. The van der Waals surface area contributed by atoms with E-state index in [1.54, 1.807) is 0 Å². The zero-order valence-electron chi connectivity index (χ0n) is 5.98. The summed E-state index contributed by atoms with van der Waals surface area (Å²) in [5.41, 5.74) is -0.0814. The minimum Gasteiger partial charge on any atom is -0.298 e. The predicted octanol–water partition coefficient (Wildman–Crippen LogP) is 1.51. The number of nitrogens with one attached hydrogen (secondary N) is 1. The lowest BCUT2D eigenvalue weighted by Crippen LogP contribution is -2.30. The number of carbonyl (C=O) groups excluding carboxylic acids is 1. The van der Waals surface area contributed by atoms with Crippen LogP contribution >= 0.6 is 0 Å². The molecule has 12 heavy (non-hydrogen) atoms. The second-order valence-corrected chi connectivity index (χ2v) is 2.29. The first kappa shape index (κ1) is 8.83. The average Bonchev–Trinajstić information content (AvgIpc) is 1.91. The second-order valence-electron chi connectivity index (χ2n) is 2.29. The van der Waals surface area contributed by atoms with Gasteiger partial charge >= 0.3 is 6.30 Å². The molecule has 0 unspecified atom stereocenters. The van der Waals surface area contributed by atoms with Crippen LogP contribution in [0.2, 0.25) is 0 Å². The third-order valence-corrected chi connectivity index (χ3v) is 1.26. The molecule has 0 aromatic rings. The maximum atomic E-state index is 11.7. The van der Waals surface area contributed by atoms with E-state index in [1.807, 2.05) is 0 Å². The normalized spacial score (nSPS) is 17.6. The molecule has 0 amide bonds. The molecule has 0 aliphatic heterocycles. The molecule has 0 aromatic heterocycles. The van der Waals surface area contributed by atoms with Gasteiger partial charge in [-0.1, -0.05) is 6.08 Å². The van der Waals surface area contributed by atoms with Gasteiger partial charge in [0.2, 0.25) is 0 Å². The number of rotatable bonds is 1. The number of allylic oxidation sites excluding steroid dienone is 3. The molecular formula is C7H6F3NO. The van der Waals surface area contributed by atoms with Gasteiger partial charge in [0, 0.05) is 12.1 Å². The van der Waals surface area contributed by atoms with E-state index in [1.165, 1.54) is 11.4 Å². The Morgan fingerprint density at radius 2 is 2.00 bits per heavy atom. The van der Waals surface area contributed by atoms with Crippen LogP contribution in [-0.2, 0) is 4.79 Å². The van der Waals surface area contributed by atoms with Crippen LogP contribution in [0.4, 0.5) is 13.2 Å². The second kappa shape index (κ2) is 3.00. The lowest BCUT2D eigenvalue weighted by atomic mass is 10.1. The van der Waals surface area contributed by atoms with Gasteiger partial charge in [0.15, 0.2) is 5.78 Å². The van der Waals surface area contributed by atoms with Crippen molar-refractivity contribution in [2.75, 3.05) is 0 Å². The van der Waals surface area contributed by atoms with Crippen LogP contribution in [0.25, 0.3) is 0 Å². The third kappa shape index (κ3) is 2.77. The summed E-state index contributed by atoms with van der Waals surface area (Å²) in [6.45, 7) is 0. The molecule has 0 bridgehead atoms. The molecule has 0 saturated carbocycles. The highest BCUT2D eigenvalue weighted by Gasteiger charge is 2.27. The van der Waals surface area contributed by atoms with Crippen LogP contribution in [-0.4, -0.2) is 12.1 Å². The Hall–Kier alpha value is -1.26. The van der Waals surface area contributed by atoms with Crippen molar-refractivity contribution in [3.63, 3.8) is 0 Å². The van der Waals surface area contributed by atoms with Gasteiger partial charge < -0.3 is 0 Å². The largest absolute Gasteiger partial charge is 0.482 e. The lowest BCUT2D eigenvalue weighted by molar-refractivity contribution is -0.149. The smallest absolute Gasteiger partial charge is 0.298 e. The van der Waals surface area contributed by atoms with Crippen LogP contribution in [0, 0.1) is 0 Å². The molecule has 1 rings (SSSR count). The summed E-state index contributed by atoms with van der Waals surface area (Å²) in [5, 5.41) is 1.30. The Morgan fingerprint density at radius 3 is 2.42 bits per heavy atom. The van der Waals surface area contributed by atoms with Gasteiger partial charge in [-0.05, 0) is 12.2 Å². The first-order chi connectivity index (χ1) is 5.47. The van der Waals surface area contributed by atoms with Crippen LogP contribution in [0.5, 0.6) is 0 Å². The van der Waals surface area contributed by atoms with E-state index in [4.69, 9.17) is 0 Å². The summed E-state index contributed by atoms with van der Waals surface area (Å²) in [6, 6.07) is 0. The fraction of sp³-hybridized carbons (Fsp3) is 0.286. The number of ketones is 1. The number of carbonyl (C=O) groups is 1. The van der Waals surface area contributed by atoms with E-state index in [0.29, 0.717) is 0 Å². The monoisotopic (exact) mass is 177 g/mol. The van der Waals surface area contributed by atoms with E-state index >= 15 is 0 Å². The molecule has 66 valence electrons. The molecule has 0 spiro atoms. The van der Waals surface area contributed by atoms with E-state index < -0.39 is 6.30 Å². The van der Waals surface area contributed by atoms with Crippen LogP contribution < -0.4 is 5.32 Å². The first-order valence-corrected chi connectivity index (χ1v) is 3.23. The topological polar surface area (TPSA) is 29.1 Å². The number of alkyl halides is 3. The molecule has 5 heteroatoms. The summed E-state index contributed by atoms with van der Waals surface area (Å²) in [5.74, 6) is -0.192. The molecule has 0 saturated heterocycles. The SMILES string of the molecule is O=C1C=CC(NC(F)(F)F)=CC1. The minimum atomic E-state index is -4.43. The van der Waals surface area contributed by atoms with E-state index in [0.717, 1.165) is 12.2 Å². The van der Waals surface area contributed by atoms with Gasteiger partial charge in [0.25, 0.3) is 0 Å². The van der Waals surface area contributed by atoms with Gasteiger partial charge in [0.1, 0.15) is 0 Å². The molecule has 0 aromatic carbocycles. The summed E-state index contributed by atoms with van der Waals surface area (Å²) < 4.78 is 35.0. The van der Waals surface area contributed by atoms with Gasteiger partial charge in [0.05, 0.1) is 0 Å². The van der Waals surface area contributed by atoms with Crippen LogP contribution in [0.15, 0.2) is 23.9 Å². The minimum absolute atomic E-state index is 0.0227. The molecule has 1 aliphatic carbocycles. The molecule has 0 fully saturated rings. The zero-order chi connectivity index (χ0) is 9.19. The van der Waals surface area contributed by atoms with Crippen molar-refractivity contribution >= 4 is 5.78 Å². The summed E-state index contributed by atoms with van der Waals surface area (Å²) in [4.78, 5) is 10.5. The zero-order valence-corrected chi connectivity index (χ0v) is 5.98. The summed E-state index contributed by atoms with van der Waals surface area (Å²) >= 11 is 0. The Bertz CT molecular complexity index is 252. The standard InChI is InChI=1S/C7H6F3NO/c8-7(9,10)11-5-1-3-6(12)4-2-5/h1-3,11H,4H2. The van der Waals surface area contributed by atoms with Crippen LogP contribution in [0.1, 0.15) is 6.42 Å². The Morgan fingerprint density at radius 1 is 1.33 bits per heavy atom. The van der Waals surface area contributed by atoms with E-state index in [-0.39, 0.29) is 17.9 Å². The van der Waals surface area contributed by atoms with Gasteiger partial charge in [-0.25, -0.2) is 0 Å².